The van der Waals surface area contributed by atoms with Crippen LogP contribution in [0.15, 0.2) is 24.3 Å². The average molecular weight is 267 g/mol. The fourth-order valence-electron chi connectivity index (χ4n) is 2.15. The molecule has 0 atom stereocenters. The van der Waals surface area contributed by atoms with Crippen molar-refractivity contribution in [2.45, 2.75) is 24.5 Å². The number of methoxy groups -OCH3 is 2. The van der Waals surface area contributed by atoms with Gasteiger partial charge in [0.2, 0.25) is 5.91 Å². The minimum absolute atomic E-state index is 0.0572. The Labute approximate surface area is 111 Å². The second kappa shape index (κ2) is 5.67. The summed E-state index contributed by atoms with van der Waals surface area (Å²) >= 11 is 0. The first-order chi connectivity index (χ1) is 9.12. The zero-order valence-electron chi connectivity index (χ0n) is 11.1. The van der Waals surface area contributed by atoms with Gasteiger partial charge in [-0.15, -0.1) is 0 Å². The van der Waals surface area contributed by atoms with Crippen molar-refractivity contribution in [1.29, 1.82) is 0 Å². The maximum Gasteiger partial charge on any atom is 0.230 e. The summed E-state index contributed by atoms with van der Waals surface area (Å²) in [7, 11) is 3.04. The maximum absolute atomic E-state index is 12.9. The van der Waals surface area contributed by atoms with Crippen molar-refractivity contribution >= 4 is 5.91 Å². The summed E-state index contributed by atoms with van der Waals surface area (Å²) in [5.74, 6) is -0.350. The van der Waals surface area contributed by atoms with Crippen molar-refractivity contribution in [3.8, 4) is 0 Å². The van der Waals surface area contributed by atoms with Crippen molar-refractivity contribution in [3.63, 3.8) is 0 Å². The first-order valence-electron chi connectivity index (χ1n) is 6.22. The molecule has 1 aliphatic rings. The Kier molecular flexibility index (Phi) is 4.17. The molecule has 1 aromatic rings. The number of carbonyl (C=O) groups is 1. The molecule has 0 bridgehead atoms. The van der Waals surface area contributed by atoms with E-state index in [1.165, 1.54) is 26.4 Å². The molecule has 19 heavy (non-hydrogen) atoms. The van der Waals surface area contributed by atoms with Crippen molar-refractivity contribution in [2.24, 2.45) is 0 Å². The highest BCUT2D eigenvalue weighted by Crippen LogP contribution is 2.48. The summed E-state index contributed by atoms with van der Waals surface area (Å²) in [6, 6.07) is 6.11. The normalized spacial score (nSPS) is 16.4. The van der Waals surface area contributed by atoms with Crippen LogP contribution < -0.4 is 5.32 Å². The third-order valence-electron chi connectivity index (χ3n) is 3.54. The second-order valence-corrected chi connectivity index (χ2v) is 4.70. The molecule has 1 N–H and O–H groups in total. The highest BCUT2D eigenvalue weighted by atomic mass is 19.1. The van der Waals surface area contributed by atoms with Gasteiger partial charge >= 0.3 is 0 Å². The molecule has 0 unspecified atom stereocenters. The Bertz CT molecular complexity index is 439. The van der Waals surface area contributed by atoms with Gasteiger partial charge in [0, 0.05) is 14.2 Å². The highest BCUT2D eigenvalue weighted by Gasteiger charge is 2.51. The van der Waals surface area contributed by atoms with Gasteiger partial charge in [0.15, 0.2) is 6.29 Å². The van der Waals surface area contributed by atoms with E-state index in [0.29, 0.717) is 6.54 Å². The van der Waals surface area contributed by atoms with Gasteiger partial charge in [0.25, 0.3) is 0 Å². The zero-order valence-corrected chi connectivity index (χ0v) is 11.1. The molecule has 1 amide bonds. The second-order valence-electron chi connectivity index (χ2n) is 4.70. The van der Waals surface area contributed by atoms with E-state index in [2.05, 4.69) is 5.32 Å². The van der Waals surface area contributed by atoms with E-state index in [1.807, 2.05) is 0 Å². The standard InChI is InChI=1S/C14H18FNO3/c1-18-12(19-2)9-16-13(17)14(7-8-14)10-3-5-11(15)6-4-10/h3-6,12H,7-9H2,1-2H3,(H,16,17). The number of nitrogens with one attached hydrogen (secondary N) is 1. The van der Waals surface area contributed by atoms with E-state index in [0.717, 1.165) is 18.4 Å². The molecule has 1 aliphatic carbocycles. The van der Waals surface area contributed by atoms with Crippen LogP contribution in [0.2, 0.25) is 0 Å². The van der Waals surface area contributed by atoms with Crippen LogP contribution in [0.4, 0.5) is 4.39 Å². The number of ether oxygens (including phenoxy) is 2. The lowest BCUT2D eigenvalue weighted by atomic mass is 9.95. The predicted octanol–water partition coefficient (Wildman–Crippen LogP) is 1.59. The first-order valence-corrected chi connectivity index (χ1v) is 6.22. The molecule has 0 saturated heterocycles. The Balaban J connectivity index is 2.00. The van der Waals surface area contributed by atoms with Gasteiger partial charge in [0.1, 0.15) is 5.82 Å². The smallest absolute Gasteiger partial charge is 0.230 e. The molecule has 0 heterocycles. The van der Waals surface area contributed by atoms with E-state index in [9.17, 15) is 9.18 Å². The fraction of sp³-hybridized carbons (Fsp3) is 0.500. The lowest BCUT2D eigenvalue weighted by molar-refractivity contribution is -0.129. The third-order valence-corrected chi connectivity index (χ3v) is 3.54. The minimum Gasteiger partial charge on any atom is -0.354 e. The van der Waals surface area contributed by atoms with E-state index < -0.39 is 11.7 Å². The van der Waals surface area contributed by atoms with Crippen LogP contribution in [0, 0.1) is 5.82 Å². The van der Waals surface area contributed by atoms with Crippen LogP contribution in [-0.2, 0) is 19.7 Å². The third kappa shape index (κ3) is 2.93. The molecule has 0 radical (unpaired) electrons. The van der Waals surface area contributed by atoms with Gasteiger partial charge in [-0.3, -0.25) is 4.79 Å². The summed E-state index contributed by atoms with van der Waals surface area (Å²) in [6.45, 7) is 0.300. The molecule has 0 spiro atoms. The van der Waals surface area contributed by atoms with Crippen LogP contribution in [0.25, 0.3) is 0 Å². The molecule has 0 aliphatic heterocycles. The van der Waals surface area contributed by atoms with Gasteiger partial charge in [-0.05, 0) is 30.5 Å². The zero-order chi connectivity index (χ0) is 13.9. The molecular formula is C14H18FNO3. The number of rotatable bonds is 6. The first kappa shape index (κ1) is 14.0. The molecular weight excluding hydrogens is 249 g/mol. The van der Waals surface area contributed by atoms with Gasteiger partial charge in [-0.2, -0.15) is 0 Å². The van der Waals surface area contributed by atoms with E-state index in [-0.39, 0.29) is 11.7 Å². The van der Waals surface area contributed by atoms with Gasteiger partial charge < -0.3 is 14.8 Å². The number of benzene rings is 1. The number of hydrogen-bond acceptors (Lipinski definition) is 3. The molecule has 1 aromatic carbocycles. The molecule has 0 aromatic heterocycles. The van der Waals surface area contributed by atoms with Gasteiger partial charge in [0.05, 0.1) is 12.0 Å². The van der Waals surface area contributed by atoms with Crippen LogP contribution in [0.1, 0.15) is 18.4 Å². The van der Waals surface area contributed by atoms with E-state index in [1.54, 1.807) is 12.1 Å². The lowest BCUT2D eigenvalue weighted by Gasteiger charge is -2.19. The van der Waals surface area contributed by atoms with Crippen molar-refractivity contribution < 1.29 is 18.7 Å². The van der Waals surface area contributed by atoms with E-state index in [4.69, 9.17) is 9.47 Å². The fourth-order valence-corrected chi connectivity index (χ4v) is 2.15. The summed E-state index contributed by atoms with van der Waals surface area (Å²) in [5, 5.41) is 2.82. The molecule has 104 valence electrons. The lowest BCUT2D eigenvalue weighted by Crippen LogP contribution is -2.40. The number of amides is 1. The number of carbonyl (C=O) groups excluding carboxylic acids is 1. The topological polar surface area (TPSA) is 47.6 Å². The Morgan fingerprint density at radius 1 is 1.32 bits per heavy atom. The van der Waals surface area contributed by atoms with Crippen LogP contribution >= 0.6 is 0 Å². The quantitative estimate of drug-likeness (QED) is 0.796. The summed E-state index contributed by atoms with van der Waals surface area (Å²) in [5.41, 5.74) is 0.359. The number of hydrogen-bond donors (Lipinski definition) is 1. The summed E-state index contributed by atoms with van der Waals surface area (Å²) in [4.78, 5) is 12.2. The SMILES string of the molecule is COC(CNC(=O)C1(c2ccc(F)cc2)CC1)OC. The Morgan fingerprint density at radius 2 is 1.89 bits per heavy atom. The minimum atomic E-state index is -0.500. The monoisotopic (exact) mass is 267 g/mol. The molecule has 2 rings (SSSR count). The maximum atomic E-state index is 12.9. The molecule has 1 fully saturated rings. The van der Waals surface area contributed by atoms with Crippen LogP contribution in [-0.4, -0.2) is 33.0 Å². The number of halogens is 1. The Morgan fingerprint density at radius 3 is 2.37 bits per heavy atom. The Hall–Kier alpha value is -1.46. The predicted molar refractivity (Wildman–Crippen MR) is 68.1 cm³/mol. The van der Waals surface area contributed by atoms with Crippen molar-refractivity contribution in [2.75, 3.05) is 20.8 Å². The summed E-state index contributed by atoms with van der Waals surface area (Å²) < 4.78 is 22.9. The highest BCUT2D eigenvalue weighted by molar-refractivity contribution is 5.91. The van der Waals surface area contributed by atoms with Crippen molar-refractivity contribution in [1.82, 2.24) is 5.32 Å². The molecule has 1 saturated carbocycles. The summed E-state index contributed by atoms with van der Waals surface area (Å²) in [6.07, 6.45) is 1.12. The van der Waals surface area contributed by atoms with Crippen LogP contribution in [0.3, 0.4) is 0 Å². The average Bonchev–Trinajstić information content (AvgIpc) is 3.22. The van der Waals surface area contributed by atoms with Gasteiger partial charge in [-0.25, -0.2) is 4.39 Å². The van der Waals surface area contributed by atoms with E-state index >= 15 is 0 Å². The van der Waals surface area contributed by atoms with Crippen molar-refractivity contribution in [3.05, 3.63) is 35.6 Å². The van der Waals surface area contributed by atoms with Gasteiger partial charge in [-0.1, -0.05) is 12.1 Å². The molecule has 4 nitrogen and oxygen atoms in total. The largest absolute Gasteiger partial charge is 0.354 e. The van der Waals surface area contributed by atoms with Crippen LogP contribution in [0.5, 0.6) is 0 Å². The molecule has 5 heteroatoms.